The number of anilines is 1. The van der Waals surface area contributed by atoms with Crippen LogP contribution in [0.5, 0.6) is 23.1 Å². The Kier molecular flexibility index (Phi) is 4.80. The summed E-state index contributed by atoms with van der Waals surface area (Å²) in [4.78, 5) is 16.8. The lowest BCUT2D eigenvalue weighted by Crippen LogP contribution is -2.49. The zero-order valence-electron chi connectivity index (χ0n) is 16.2. The molecule has 2 aromatic carbocycles. The largest absolute Gasteiger partial charge is 0.454 e. The summed E-state index contributed by atoms with van der Waals surface area (Å²) in [6.07, 6.45) is 0. The highest BCUT2D eigenvalue weighted by molar-refractivity contribution is 5.95. The first-order valence-electron chi connectivity index (χ1n) is 9.77. The number of carbonyl (C=O) groups excluding carboxylic acids is 1. The fourth-order valence-corrected chi connectivity index (χ4v) is 3.50. The average Bonchev–Trinajstić information content (AvgIpc) is 3.28. The molecule has 0 unspecified atom stereocenters. The van der Waals surface area contributed by atoms with E-state index in [1.807, 2.05) is 41.3 Å². The van der Waals surface area contributed by atoms with Crippen LogP contribution < -0.4 is 19.1 Å². The summed E-state index contributed by atoms with van der Waals surface area (Å²) in [6.45, 7) is 2.78. The molecule has 5 rings (SSSR count). The normalized spacial score (nSPS) is 15.2. The number of para-hydroxylation sites is 1. The van der Waals surface area contributed by atoms with Crippen LogP contribution in [0.4, 0.5) is 5.82 Å². The predicted octanol–water partition coefficient (Wildman–Crippen LogP) is 2.96. The molecule has 0 saturated carbocycles. The van der Waals surface area contributed by atoms with E-state index in [1.165, 1.54) is 0 Å². The molecular formula is C22H20N4O4. The van der Waals surface area contributed by atoms with Gasteiger partial charge in [0.05, 0.1) is 0 Å². The van der Waals surface area contributed by atoms with Gasteiger partial charge in [0.2, 0.25) is 12.7 Å². The van der Waals surface area contributed by atoms with E-state index in [1.54, 1.807) is 24.3 Å². The Labute approximate surface area is 173 Å². The molecule has 0 radical (unpaired) electrons. The van der Waals surface area contributed by atoms with Crippen molar-refractivity contribution in [2.45, 2.75) is 0 Å². The van der Waals surface area contributed by atoms with Crippen molar-refractivity contribution in [2.75, 3.05) is 37.9 Å². The summed E-state index contributed by atoms with van der Waals surface area (Å²) in [7, 11) is 0. The van der Waals surface area contributed by atoms with Gasteiger partial charge in [0.1, 0.15) is 5.75 Å². The van der Waals surface area contributed by atoms with Gasteiger partial charge in [-0.1, -0.05) is 18.2 Å². The maximum atomic E-state index is 12.8. The second kappa shape index (κ2) is 7.90. The highest BCUT2D eigenvalue weighted by Crippen LogP contribution is 2.33. The molecule has 1 saturated heterocycles. The smallest absolute Gasteiger partial charge is 0.254 e. The molecule has 3 heterocycles. The number of nitrogens with zero attached hydrogens (tertiary/aromatic N) is 4. The Morgan fingerprint density at radius 3 is 2.43 bits per heavy atom. The molecule has 3 aromatic rings. The van der Waals surface area contributed by atoms with Crippen LogP contribution in [0.15, 0.2) is 60.7 Å². The molecule has 152 valence electrons. The molecular weight excluding hydrogens is 384 g/mol. The van der Waals surface area contributed by atoms with Gasteiger partial charge in [0.25, 0.3) is 5.91 Å². The van der Waals surface area contributed by atoms with Crippen molar-refractivity contribution in [1.82, 2.24) is 15.1 Å². The third-order valence-corrected chi connectivity index (χ3v) is 5.10. The Morgan fingerprint density at radius 1 is 0.867 bits per heavy atom. The number of benzene rings is 2. The van der Waals surface area contributed by atoms with Crippen molar-refractivity contribution in [3.63, 3.8) is 0 Å². The van der Waals surface area contributed by atoms with Crippen LogP contribution in [-0.2, 0) is 0 Å². The zero-order chi connectivity index (χ0) is 20.3. The molecule has 1 aromatic heterocycles. The maximum absolute atomic E-state index is 12.8. The zero-order valence-corrected chi connectivity index (χ0v) is 16.2. The molecule has 1 amide bonds. The summed E-state index contributed by atoms with van der Waals surface area (Å²) in [6, 6.07) is 18.5. The Bertz CT molecular complexity index is 1030. The van der Waals surface area contributed by atoms with E-state index < -0.39 is 0 Å². The lowest BCUT2D eigenvalue weighted by atomic mass is 10.1. The fourth-order valence-electron chi connectivity index (χ4n) is 3.50. The van der Waals surface area contributed by atoms with Gasteiger partial charge in [-0.05, 0) is 36.4 Å². The molecule has 8 heteroatoms. The molecule has 2 aliphatic rings. The monoisotopic (exact) mass is 404 g/mol. The van der Waals surface area contributed by atoms with E-state index in [0.29, 0.717) is 49.1 Å². The summed E-state index contributed by atoms with van der Waals surface area (Å²) in [5.74, 6) is 3.22. The van der Waals surface area contributed by atoms with Gasteiger partial charge in [-0.25, -0.2) is 0 Å². The van der Waals surface area contributed by atoms with Crippen LogP contribution in [0.3, 0.4) is 0 Å². The Morgan fingerprint density at radius 2 is 1.67 bits per heavy atom. The van der Waals surface area contributed by atoms with Gasteiger partial charge in [0, 0.05) is 37.8 Å². The molecule has 8 nitrogen and oxygen atoms in total. The quantitative estimate of drug-likeness (QED) is 0.662. The van der Waals surface area contributed by atoms with Crippen LogP contribution in [0.2, 0.25) is 0 Å². The van der Waals surface area contributed by atoms with Gasteiger partial charge < -0.3 is 24.0 Å². The first-order valence-corrected chi connectivity index (χ1v) is 9.77. The first-order chi connectivity index (χ1) is 14.8. The second-order valence-electron chi connectivity index (χ2n) is 6.99. The molecule has 1 fully saturated rings. The van der Waals surface area contributed by atoms with Crippen LogP contribution in [-0.4, -0.2) is 54.0 Å². The van der Waals surface area contributed by atoms with Crippen molar-refractivity contribution < 1.29 is 19.0 Å². The number of rotatable bonds is 4. The summed E-state index contributed by atoms with van der Waals surface area (Å²) in [5, 5.41) is 8.45. The van der Waals surface area contributed by atoms with Crippen LogP contribution in [0, 0.1) is 0 Å². The van der Waals surface area contributed by atoms with Gasteiger partial charge in [-0.2, -0.15) is 0 Å². The Hall–Kier alpha value is -3.81. The number of hydrogen-bond donors (Lipinski definition) is 0. The fraction of sp³-hybridized carbons (Fsp3) is 0.227. The number of hydrogen-bond acceptors (Lipinski definition) is 7. The van der Waals surface area contributed by atoms with E-state index in [0.717, 1.165) is 11.6 Å². The van der Waals surface area contributed by atoms with Gasteiger partial charge in [-0.3, -0.25) is 4.79 Å². The highest BCUT2D eigenvalue weighted by atomic mass is 16.7. The van der Waals surface area contributed by atoms with Crippen molar-refractivity contribution in [3.05, 3.63) is 66.2 Å². The van der Waals surface area contributed by atoms with Crippen molar-refractivity contribution in [3.8, 4) is 23.1 Å². The number of piperazine rings is 1. The van der Waals surface area contributed by atoms with E-state index in [9.17, 15) is 4.79 Å². The molecule has 0 spiro atoms. The molecule has 0 N–H and O–H groups in total. The van der Waals surface area contributed by atoms with E-state index in [2.05, 4.69) is 15.1 Å². The van der Waals surface area contributed by atoms with Gasteiger partial charge in [0.15, 0.2) is 17.3 Å². The third kappa shape index (κ3) is 3.71. The average molecular weight is 404 g/mol. The van der Waals surface area contributed by atoms with Crippen molar-refractivity contribution in [2.24, 2.45) is 0 Å². The molecule has 0 bridgehead atoms. The lowest BCUT2D eigenvalue weighted by Gasteiger charge is -2.35. The number of fused-ring (bicyclic) bond motifs is 1. The SMILES string of the molecule is O=C(c1ccc2c(c1)OCO2)N1CCN(c2ccc(Oc3ccccc3)nn2)CC1. The molecule has 0 atom stereocenters. The number of carbonyl (C=O) groups is 1. The van der Waals surface area contributed by atoms with E-state index >= 15 is 0 Å². The van der Waals surface area contributed by atoms with Crippen LogP contribution in [0.1, 0.15) is 10.4 Å². The number of aromatic nitrogens is 2. The van der Waals surface area contributed by atoms with Crippen molar-refractivity contribution >= 4 is 11.7 Å². The second-order valence-corrected chi connectivity index (χ2v) is 6.99. The molecule has 0 aliphatic carbocycles. The van der Waals surface area contributed by atoms with Gasteiger partial charge in [-0.15, -0.1) is 10.2 Å². The standard InChI is InChI=1S/C22H20N4O4/c27-22(16-6-7-18-19(14-16)29-15-28-18)26-12-10-25(11-13-26)20-8-9-21(24-23-20)30-17-4-2-1-3-5-17/h1-9,14H,10-13,15H2. The first kappa shape index (κ1) is 18.2. The summed E-state index contributed by atoms with van der Waals surface area (Å²) in [5.41, 5.74) is 0.606. The highest BCUT2D eigenvalue weighted by Gasteiger charge is 2.25. The van der Waals surface area contributed by atoms with Crippen molar-refractivity contribution in [1.29, 1.82) is 0 Å². The topological polar surface area (TPSA) is 77.0 Å². The maximum Gasteiger partial charge on any atom is 0.254 e. The van der Waals surface area contributed by atoms with Gasteiger partial charge >= 0.3 is 0 Å². The van der Waals surface area contributed by atoms with Crippen LogP contribution in [0.25, 0.3) is 0 Å². The number of ether oxygens (including phenoxy) is 3. The summed E-state index contributed by atoms with van der Waals surface area (Å²) < 4.78 is 16.4. The summed E-state index contributed by atoms with van der Waals surface area (Å²) >= 11 is 0. The minimum atomic E-state index is -0.00866. The molecule has 2 aliphatic heterocycles. The lowest BCUT2D eigenvalue weighted by molar-refractivity contribution is 0.0746. The minimum Gasteiger partial charge on any atom is -0.454 e. The predicted molar refractivity (Wildman–Crippen MR) is 109 cm³/mol. The van der Waals surface area contributed by atoms with E-state index in [-0.39, 0.29) is 12.7 Å². The van der Waals surface area contributed by atoms with Crippen LogP contribution >= 0.6 is 0 Å². The van der Waals surface area contributed by atoms with E-state index in [4.69, 9.17) is 14.2 Å². The minimum absolute atomic E-state index is 0.00866. The molecule has 30 heavy (non-hydrogen) atoms. The third-order valence-electron chi connectivity index (χ3n) is 5.10. The Balaban J connectivity index is 1.19. The number of amides is 1.